The number of terminal acetylenes is 1. The summed E-state index contributed by atoms with van der Waals surface area (Å²) in [6.45, 7) is 3.49. The molecule has 1 aliphatic rings. The SMILES string of the molecule is C#CCCCNC1CCN(C)C1. The number of nitrogens with one attached hydrogen (secondary N) is 1. The van der Waals surface area contributed by atoms with Gasteiger partial charge in [-0.2, -0.15) is 0 Å². The molecular formula is C10H18N2. The molecule has 12 heavy (non-hydrogen) atoms. The van der Waals surface area contributed by atoms with E-state index in [1.807, 2.05) is 0 Å². The molecule has 0 radical (unpaired) electrons. The van der Waals surface area contributed by atoms with E-state index in [0.29, 0.717) is 6.04 Å². The second-order valence-corrected chi connectivity index (χ2v) is 3.51. The predicted octanol–water partition coefficient (Wildman–Crippen LogP) is 0.694. The molecular weight excluding hydrogens is 148 g/mol. The summed E-state index contributed by atoms with van der Waals surface area (Å²) < 4.78 is 0. The van der Waals surface area contributed by atoms with Crippen LogP contribution >= 0.6 is 0 Å². The first-order valence-corrected chi connectivity index (χ1v) is 4.68. The van der Waals surface area contributed by atoms with Crippen molar-refractivity contribution >= 4 is 0 Å². The third-order valence-corrected chi connectivity index (χ3v) is 2.32. The molecule has 0 bridgehead atoms. The van der Waals surface area contributed by atoms with Crippen molar-refractivity contribution in [2.75, 3.05) is 26.7 Å². The Morgan fingerprint density at radius 1 is 1.67 bits per heavy atom. The van der Waals surface area contributed by atoms with Crippen LogP contribution in [-0.2, 0) is 0 Å². The zero-order valence-corrected chi connectivity index (χ0v) is 7.84. The Labute approximate surface area is 75.3 Å². The average Bonchev–Trinajstić information content (AvgIpc) is 2.45. The standard InChI is InChI=1S/C10H18N2/c1-3-4-5-7-11-10-6-8-12(2)9-10/h1,10-11H,4-9H2,2H3. The molecule has 0 amide bonds. The Bertz CT molecular complexity index is 160. The normalized spacial score (nSPS) is 24.2. The highest BCUT2D eigenvalue weighted by Crippen LogP contribution is 2.05. The fourth-order valence-corrected chi connectivity index (χ4v) is 1.60. The van der Waals surface area contributed by atoms with Crippen molar-refractivity contribution in [1.29, 1.82) is 0 Å². The van der Waals surface area contributed by atoms with Crippen molar-refractivity contribution in [1.82, 2.24) is 10.2 Å². The van der Waals surface area contributed by atoms with Gasteiger partial charge in [-0.05, 0) is 33.0 Å². The second-order valence-electron chi connectivity index (χ2n) is 3.51. The Hall–Kier alpha value is -0.520. The van der Waals surface area contributed by atoms with Crippen LogP contribution in [0, 0.1) is 12.3 Å². The van der Waals surface area contributed by atoms with Crippen LogP contribution in [0.4, 0.5) is 0 Å². The van der Waals surface area contributed by atoms with Crippen molar-refractivity contribution < 1.29 is 0 Å². The van der Waals surface area contributed by atoms with Crippen LogP contribution in [0.2, 0.25) is 0 Å². The summed E-state index contributed by atoms with van der Waals surface area (Å²) in [6.07, 6.45) is 8.45. The van der Waals surface area contributed by atoms with Gasteiger partial charge in [0.15, 0.2) is 0 Å². The van der Waals surface area contributed by atoms with E-state index < -0.39 is 0 Å². The lowest BCUT2D eigenvalue weighted by Crippen LogP contribution is -2.32. The Kier molecular flexibility index (Phi) is 4.13. The van der Waals surface area contributed by atoms with Gasteiger partial charge in [-0.1, -0.05) is 0 Å². The fraction of sp³-hybridized carbons (Fsp3) is 0.800. The maximum absolute atomic E-state index is 5.16. The summed E-state index contributed by atoms with van der Waals surface area (Å²) in [5.74, 6) is 2.65. The summed E-state index contributed by atoms with van der Waals surface area (Å²) in [5.41, 5.74) is 0. The molecule has 2 heteroatoms. The van der Waals surface area contributed by atoms with Gasteiger partial charge in [0.25, 0.3) is 0 Å². The lowest BCUT2D eigenvalue weighted by Gasteiger charge is -2.11. The minimum absolute atomic E-state index is 0.702. The van der Waals surface area contributed by atoms with Gasteiger partial charge in [-0.25, -0.2) is 0 Å². The van der Waals surface area contributed by atoms with Gasteiger partial charge in [0.1, 0.15) is 0 Å². The molecule has 0 saturated carbocycles. The van der Waals surface area contributed by atoms with E-state index in [2.05, 4.69) is 23.2 Å². The van der Waals surface area contributed by atoms with E-state index in [9.17, 15) is 0 Å². The van der Waals surface area contributed by atoms with Gasteiger partial charge >= 0.3 is 0 Å². The molecule has 1 heterocycles. The molecule has 1 aliphatic heterocycles. The molecule has 68 valence electrons. The van der Waals surface area contributed by atoms with Gasteiger partial charge in [-0.3, -0.25) is 0 Å². The number of unbranched alkanes of at least 4 members (excludes halogenated alkanes) is 1. The molecule has 0 aromatic rings. The topological polar surface area (TPSA) is 15.3 Å². The highest BCUT2D eigenvalue weighted by atomic mass is 15.2. The van der Waals surface area contributed by atoms with Crippen molar-refractivity contribution in [3.8, 4) is 12.3 Å². The average molecular weight is 166 g/mol. The van der Waals surface area contributed by atoms with Gasteiger partial charge in [0.05, 0.1) is 0 Å². The first kappa shape index (κ1) is 9.57. The zero-order chi connectivity index (χ0) is 8.81. The van der Waals surface area contributed by atoms with Crippen molar-refractivity contribution in [3.05, 3.63) is 0 Å². The number of likely N-dealkylation sites (tertiary alicyclic amines) is 1. The third kappa shape index (κ3) is 3.25. The summed E-state index contributed by atoms with van der Waals surface area (Å²) in [4.78, 5) is 2.36. The monoisotopic (exact) mass is 166 g/mol. The first-order chi connectivity index (χ1) is 5.83. The van der Waals surface area contributed by atoms with Crippen LogP contribution in [0.25, 0.3) is 0 Å². The van der Waals surface area contributed by atoms with Crippen LogP contribution in [0.3, 0.4) is 0 Å². The molecule has 1 N–H and O–H groups in total. The van der Waals surface area contributed by atoms with Crippen LogP contribution in [0.5, 0.6) is 0 Å². The summed E-state index contributed by atoms with van der Waals surface area (Å²) >= 11 is 0. The number of rotatable bonds is 4. The Morgan fingerprint density at radius 2 is 2.50 bits per heavy atom. The molecule has 1 rings (SSSR count). The molecule has 0 aromatic heterocycles. The minimum Gasteiger partial charge on any atom is -0.313 e. The molecule has 0 aliphatic carbocycles. The van der Waals surface area contributed by atoms with Crippen molar-refractivity contribution in [3.63, 3.8) is 0 Å². The second kappa shape index (κ2) is 5.18. The summed E-state index contributed by atoms with van der Waals surface area (Å²) in [6, 6.07) is 0.702. The van der Waals surface area contributed by atoms with Crippen molar-refractivity contribution in [2.24, 2.45) is 0 Å². The minimum atomic E-state index is 0.702. The molecule has 1 fully saturated rings. The van der Waals surface area contributed by atoms with Crippen LogP contribution in [0.15, 0.2) is 0 Å². The van der Waals surface area contributed by atoms with Crippen LogP contribution < -0.4 is 5.32 Å². The van der Waals surface area contributed by atoms with E-state index in [0.717, 1.165) is 19.4 Å². The molecule has 1 atom stereocenters. The Balaban J connectivity index is 1.97. The zero-order valence-electron chi connectivity index (χ0n) is 7.84. The van der Waals surface area contributed by atoms with Crippen molar-refractivity contribution in [2.45, 2.75) is 25.3 Å². The lowest BCUT2D eigenvalue weighted by molar-refractivity contribution is 0.398. The maximum atomic E-state index is 5.16. The number of hydrogen-bond donors (Lipinski definition) is 1. The van der Waals surface area contributed by atoms with E-state index in [-0.39, 0.29) is 0 Å². The summed E-state index contributed by atoms with van der Waals surface area (Å²) in [7, 11) is 2.17. The van der Waals surface area contributed by atoms with E-state index in [4.69, 9.17) is 6.42 Å². The molecule has 2 nitrogen and oxygen atoms in total. The predicted molar refractivity (Wildman–Crippen MR) is 52.0 cm³/mol. The number of nitrogens with zero attached hydrogens (tertiary/aromatic N) is 1. The number of likely N-dealkylation sites (N-methyl/N-ethyl adjacent to an activating group) is 1. The highest BCUT2D eigenvalue weighted by molar-refractivity contribution is 4.84. The summed E-state index contributed by atoms with van der Waals surface area (Å²) in [5, 5.41) is 3.51. The van der Waals surface area contributed by atoms with Gasteiger partial charge < -0.3 is 10.2 Å². The quantitative estimate of drug-likeness (QED) is 0.488. The highest BCUT2D eigenvalue weighted by Gasteiger charge is 2.17. The molecule has 1 unspecified atom stereocenters. The molecule has 0 spiro atoms. The van der Waals surface area contributed by atoms with Gasteiger partial charge in [-0.15, -0.1) is 12.3 Å². The van der Waals surface area contributed by atoms with E-state index in [1.54, 1.807) is 0 Å². The van der Waals surface area contributed by atoms with Gasteiger partial charge in [0, 0.05) is 19.0 Å². The van der Waals surface area contributed by atoms with E-state index >= 15 is 0 Å². The fourth-order valence-electron chi connectivity index (χ4n) is 1.60. The largest absolute Gasteiger partial charge is 0.313 e. The first-order valence-electron chi connectivity index (χ1n) is 4.68. The Morgan fingerprint density at radius 3 is 3.08 bits per heavy atom. The van der Waals surface area contributed by atoms with Crippen LogP contribution in [0.1, 0.15) is 19.3 Å². The lowest BCUT2D eigenvalue weighted by atomic mass is 10.2. The maximum Gasteiger partial charge on any atom is 0.0207 e. The molecule has 0 aromatic carbocycles. The smallest absolute Gasteiger partial charge is 0.0207 e. The molecule has 1 saturated heterocycles. The number of hydrogen-bond acceptors (Lipinski definition) is 2. The van der Waals surface area contributed by atoms with E-state index in [1.165, 1.54) is 19.5 Å². The van der Waals surface area contributed by atoms with Crippen LogP contribution in [-0.4, -0.2) is 37.6 Å². The third-order valence-electron chi connectivity index (χ3n) is 2.32. The van der Waals surface area contributed by atoms with Gasteiger partial charge in [0.2, 0.25) is 0 Å².